The first kappa shape index (κ1) is 10.8. The standard InChI is InChI=1S/C14H11N3.CH4/c1-16-12-8-4-5-9-13(12)17-11-7-3-2-6-10(11)15-14(16)17;/h2-9H,1H3;1H4. The molecule has 0 radical (unpaired) electrons. The molecule has 0 spiro atoms. The molecule has 0 aliphatic rings. The molecule has 18 heavy (non-hydrogen) atoms. The van der Waals surface area contributed by atoms with Crippen molar-refractivity contribution < 1.29 is 0 Å². The molecule has 4 rings (SSSR count). The zero-order valence-corrected chi connectivity index (χ0v) is 9.46. The minimum absolute atomic E-state index is 0. The number of benzene rings is 2. The highest BCUT2D eigenvalue weighted by atomic mass is 15.2. The molecular weight excluding hydrogens is 222 g/mol. The van der Waals surface area contributed by atoms with E-state index < -0.39 is 0 Å². The van der Waals surface area contributed by atoms with Crippen LogP contribution in [-0.4, -0.2) is 14.0 Å². The number of imidazole rings is 2. The molecule has 0 saturated carbocycles. The normalized spacial score (nSPS) is 11.2. The number of para-hydroxylation sites is 4. The van der Waals surface area contributed by atoms with Gasteiger partial charge in [0, 0.05) is 7.05 Å². The van der Waals surface area contributed by atoms with Gasteiger partial charge in [-0.25, -0.2) is 4.98 Å². The summed E-state index contributed by atoms with van der Waals surface area (Å²) in [4.78, 5) is 4.68. The number of fused-ring (bicyclic) bond motifs is 5. The second-order valence-corrected chi connectivity index (χ2v) is 4.28. The molecular formula is C15H15N3. The van der Waals surface area contributed by atoms with E-state index in [1.165, 1.54) is 16.6 Å². The highest BCUT2D eigenvalue weighted by molar-refractivity contribution is 5.90. The number of aryl methyl sites for hydroxylation is 1. The van der Waals surface area contributed by atoms with Gasteiger partial charge in [0.2, 0.25) is 5.78 Å². The maximum atomic E-state index is 4.68. The second kappa shape index (κ2) is 3.60. The van der Waals surface area contributed by atoms with E-state index in [-0.39, 0.29) is 7.43 Å². The average molecular weight is 237 g/mol. The molecule has 0 unspecified atom stereocenters. The summed E-state index contributed by atoms with van der Waals surface area (Å²) in [5.74, 6) is 0.993. The summed E-state index contributed by atoms with van der Waals surface area (Å²) in [5.41, 5.74) is 4.63. The Balaban J connectivity index is 0.000001000. The lowest BCUT2D eigenvalue weighted by molar-refractivity contribution is 0.973. The van der Waals surface area contributed by atoms with Crippen LogP contribution in [0.5, 0.6) is 0 Å². The van der Waals surface area contributed by atoms with E-state index in [9.17, 15) is 0 Å². The molecule has 2 heterocycles. The van der Waals surface area contributed by atoms with Crippen molar-refractivity contribution >= 4 is 27.8 Å². The maximum Gasteiger partial charge on any atom is 0.215 e. The lowest BCUT2D eigenvalue weighted by Crippen LogP contribution is -1.87. The summed E-state index contributed by atoms with van der Waals surface area (Å²) < 4.78 is 4.35. The van der Waals surface area contributed by atoms with E-state index in [0.717, 1.165) is 11.3 Å². The van der Waals surface area contributed by atoms with Crippen LogP contribution in [0.3, 0.4) is 0 Å². The van der Waals surface area contributed by atoms with Crippen LogP contribution in [-0.2, 0) is 7.05 Å². The molecule has 0 amide bonds. The van der Waals surface area contributed by atoms with E-state index in [1.54, 1.807) is 0 Å². The summed E-state index contributed by atoms with van der Waals surface area (Å²) in [6.07, 6.45) is 0. The number of hydrogen-bond donors (Lipinski definition) is 0. The smallest absolute Gasteiger partial charge is 0.215 e. The zero-order valence-electron chi connectivity index (χ0n) is 9.46. The molecule has 0 bridgehead atoms. The summed E-state index contributed by atoms with van der Waals surface area (Å²) >= 11 is 0. The molecule has 0 fully saturated rings. The molecule has 0 saturated heterocycles. The van der Waals surface area contributed by atoms with Gasteiger partial charge >= 0.3 is 0 Å². The fourth-order valence-corrected chi connectivity index (χ4v) is 2.52. The van der Waals surface area contributed by atoms with E-state index in [2.05, 4.69) is 63.5 Å². The highest BCUT2D eigenvalue weighted by Gasteiger charge is 2.12. The van der Waals surface area contributed by atoms with E-state index in [4.69, 9.17) is 0 Å². The van der Waals surface area contributed by atoms with Gasteiger partial charge in [-0.15, -0.1) is 0 Å². The third-order valence-corrected chi connectivity index (χ3v) is 3.33. The molecule has 4 aromatic rings. The number of hydrogen-bond acceptors (Lipinski definition) is 1. The third kappa shape index (κ3) is 1.16. The molecule has 90 valence electrons. The van der Waals surface area contributed by atoms with Gasteiger partial charge in [-0.05, 0) is 24.3 Å². The van der Waals surface area contributed by atoms with E-state index in [0.29, 0.717) is 0 Å². The monoisotopic (exact) mass is 237 g/mol. The first-order valence-corrected chi connectivity index (χ1v) is 5.67. The molecule has 3 heteroatoms. The van der Waals surface area contributed by atoms with Gasteiger partial charge in [0.1, 0.15) is 0 Å². The molecule has 2 aromatic carbocycles. The van der Waals surface area contributed by atoms with Gasteiger partial charge in [-0.2, -0.15) is 0 Å². The van der Waals surface area contributed by atoms with Crippen molar-refractivity contribution in [2.45, 2.75) is 7.43 Å². The van der Waals surface area contributed by atoms with Crippen LogP contribution in [0.1, 0.15) is 7.43 Å². The van der Waals surface area contributed by atoms with Crippen LogP contribution >= 0.6 is 0 Å². The highest BCUT2D eigenvalue weighted by Crippen LogP contribution is 2.24. The van der Waals surface area contributed by atoms with Crippen LogP contribution in [0, 0.1) is 0 Å². The first-order chi connectivity index (χ1) is 8.36. The van der Waals surface area contributed by atoms with Crippen molar-refractivity contribution in [1.82, 2.24) is 14.0 Å². The quantitative estimate of drug-likeness (QED) is 0.458. The topological polar surface area (TPSA) is 22.2 Å². The van der Waals surface area contributed by atoms with Gasteiger partial charge in [-0.1, -0.05) is 31.7 Å². The fourth-order valence-electron chi connectivity index (χ4n) is 2.52. The predicted molar refractivity (Wildman–Crippen MR) is 75.9 cm³/mol. The number of rotatable bonds is 0. The van der Waals surface area contributed by atoms with Crippen molar-refractivity contribution in [2.75, 3.05) is 0 Å². The summed E-state index contributed by atoms with van der Waals surface area (Å²) in [6, 6.07) is 16.6. The number of nitrogens with zero attached hydrogens (tertiary/aromatic N) is 3. The maximum absolute atomic E-state index is 4.68. The van der Waals surface area contributed by atoms with Crippen molar-refractivity contribution in [3.63, 3.8) is 0 Å². The number of aromatic nitrogens is 3. The third-order valence-electron chi connectivity index (χ3n) is 3.33. The fraction of sp³-hybridized carbons (Fsp3) is 0.133. The summed E-state index contributed by atoms with van der Waals surface area (Å²) in [7, 11) is 2.06. The molecule has 0 N–H and O–H groups in total. The van der Waals surface area contributed by atoms with Gasteiger partial charge in [0.05, 0.1) is 22.1 Å². The summed E-state index contributed by atoms with van der Waals surface area (Å²) in [6.45, 7) is 0. The molecule has 2 aromatic heterocycles. The van der Waals surface area contributed by atoms with E-state index in [1.807, 2.05) is 6.07 Å². The van der Waals surface area contributed by atoms with Crippen LogP contribution in [0.4, 0.5) is 0 Å². The predicted octanol–water partition coefficient (Wildman–Crippen LogP) is 3.62. The van der Waals surface area contributed by atoms with Gasteiger partial charge in [0.25, 0.3) is 0 Å². The van der Waals surface area contributed by atoms with Gasteiger partial charge in [0.15, 0.2) is 0 Å². The Morgan fingerprint density at radius 2 is 1.44 bits per heavy atom. The van der Waals surface area contributed by atoms with Crippen molar-refractivity contribution in [1.29, 1.82) is 0 Å². The Labute approximate surface area is 105 Å². The largest absolute Gasteiger partial charge is 0.313 e. The Kier molecular flexibility index (Phi) is 2.17. The van der Waals surface area contributed by atoms with Gasteiger partial charge < -0.3 is 4.57 Å². The van der Waals surface area contributed by atoms with Gasteiger partial charge in [-0.3, -0.25) is 4.40 Å². The van der Waals surface area contributed by atoms with Crippen molar-refractivity contribution in [2.24, 2.45) is 7.05 Å². The Morgan fingerprint density at radius 1 is 0.833 bits per heavy atom. The average Bonchev–Trinajstić information content (AvgIpc) is 2.88. The summed E-state index contributed by atoms with van der Waals surface area (Å²) in [5, 5.41) is 0. The lowest BCUT2D eigenvalue weighted by atomic mass is 10.3. The molecule has 0 aliphatic heterocycles. The Morgan fingerprint density at radius 3 is 2.22 bits per heavy atom. The van der Waals surface area contributed by atoms with Crippen LogP contribution < -0.4 is 0 Å². The Hall–Kier alpha value is -2.29. The second-order valence-electron chi connectivity index (χ2n) is 4.28. The van der Waals surface area contributed by atoms with Crippen molar-refractivity contribution in [3.05, 3.63) is 48.5 Å². The van der Waals surface area contributed by atoms with Crippen LogP contribution in [0.25, 0.3) is 27.8 Å². The van der Waals surface area contributed by atoms with Crippen molar-refractivity contribution in [3.8, 4) is 0 Å². The zero-order chi connectivity index (χ0) is 11.4. The van der Waals surface area contributed by atoms with Crippen LogP contribution in [0.2, 0.25) is 0 Å². The lowest BCUT2D eigenvalue weighted by Gasteiger charge is -1.94. The SMILES string of the molecule is C.Cn1c2ccccc2n2c3ccccc3nc12. The minimum atomic E-state index is 0. The minimum Gasteiger partial charge on any atom is -0.313 e. The molecule has 0 aliphatic carbocycles. The first-order valence-electron chi connectivity index (χ1n) is 5.67. The molecule has 0 atom stereocenters. The van der Waals surface area contributed by atoms with E-state index >= 15 is 0 Å². The molecule has 3 nitrogen and oxygen atoms in total. The van der Waals surface area contributed by atoms with Crippen LogP contribution in [0.15, 0.2) is 48.5 Å². The Bertz CT molecular complexity index is 852.